The molecule has 0 fully saturated rings. The second kappa shape index (κ2) is 6.26. The van der Waals surface area contributed by atoms with Crippen molar-refractivity contribution in [1.29, 1.82) is 0 Å². The van der Waals surface area contributed by atoms with E-state index in [9.17, 15) is 13.2 Å². The van der Waals surface area contributed by atoms with E-state index in [0.717, 1.165) is 0 Å². The van der Waals surface area contributed by atoms with E-state index in [4.69, 9.17) is 28.3 Å². The molecule has 100 valence electrons. The zero-order chi connectivity index (χ0) is 13.9. The number of rotatable bonds is 5. The normalized spacial score (nSPS) is 12.4. The third-order valence-corrected chi connectivity index (χ3v) is 3.88. The molecule has 5 nitrogen and oxygen atoms in total. The van der Waals surface area contributed by atoms with Gasteiger partial charge in [-0.2, -0.15) is 0 Å². The monoisotopic (exact) mass is 311 g/mol. The third kappa shape index (κ3) is 3.51. The molecule has 1 atom stereocenters. The summed E-state index contributed by atoms with van der Waals surface area (Å²) in [5.74, 6) is -1.62. The van der Waals surface area contributed by atoms with Crippen molar-refractivity contribution in [1.82, 2.24) is 0 Å². The predicted molar refractivity (Wildman–Crippen MR) is 70.3 cm³/mol. The van der Waals surface area contributed by atoms with Crippen LogP contribution < -0.4 is 5.32 Å². The van der Waals surface area contributed by atoms with Crippen molar-refractivity contribution in [2.24, 2.45) is 5.92 Å². The summed E-state index contributed by atoms with van der Waals surface area (Å²) in [5.41, 5.74) is 0.225. The fourth-order valence-corrected chi connectivity index (χ4v) is 2.37. The maximum absolute atomic E-state index is 10.9. The zero-order valence-corrected chi connectivity index (χ0v) is 11.7. The molecule has 0 aromatic heterocycles. The Bertz CT molecular complexity index is 537. The van der Waals surface area contributed by atoms with Gasteiger partial charge in [-0.05, 0) is 12.1 Å². The van der Waals surface area contributed by atoms with Crippen LogP contribution in [0, 0.1) is 5.92 Å². The van der Waals surface area contributed by atoms with Gasteiger partial charge in [0.05, 0.1) is 26.5 Å². The summed E-state index contributed by atoms with van der Waals surface area (Å²) >= 11 is 11.8. The highest BCUT2D eigenvalue weighted by atomic mass is 35.5. The summed E-state index contributed by atoms with van der Waals surface area (Å²) in [6.45, 7) is 1.60. The van der Waals surface area contributed by atoms with Crippen LogP contribution in [-0.4, -0.2) is 26.0 Å². The number of benzene rings is 1. The van der Waals surface area contributed by atoms with E-state index in [1.165, 1.54) is 19.1 Å². The van der Waals surface area contributed by atoms with Gasteiger partial charge >= 0.3 is 5.97 Å². The minimum atomic E-state index is -2.83. The summed E-state index contributed by atoms with van der Waals surface area (Å²) in [4.78, 5) is 10.6. The van der Waals surface area contributed by atoms with Gasteiger partial charge in [-0.3, -0.25) is 4.79 Å². The van der Waals surface area contributed by atoms with Gasteiger partial charge in [0.2, 0.25) is 0 Å². The van der Waals surface area contributed by atoms with Gasteiger partial charge in [0.1, 0.15) is 0 Å². The first-order valence-corrected chi connectivity index (χ1v) is 6.87. The molecule has 0 radical (unpaired) electrons. The van der Waals surface area contributed by atoms with Gasteiger partial charge in [0, 0.05) is 6.54 Å². The summed E-state index contributed by atoms with van der Waals surface area (Å²) < 4.78 is 21.8. The topological polar surface area (TPSA) is 83.5 Å². The van der Waals surface area contributed by atoms with E-state index < -0.39 is 22.6 Å². The Morgan fingerprint density at radius 3 is 2.56 bits per heavy atom. The Kier molecular flexibility index (Phi) is 5.25. The number of thiol groups is 1. The van der Waals surface area contributed by atoms with E-state index in [0.29, 0.717) is 0 Å². The smallest absolute Gasteiger partial charge is 0.308 e. The molecule has 2 N–H and O–H groups in total. The summed E-state index contributed by atoms with van der Waals surface area (Å²) in [6.07, 6.45) is 0. The summed E-state index contributed by atoms with van der Waals surface area (Å²) in [6, 6.07) is 2.68. The molecule has 0 spiro atoms. The standard InChI is InChI=1S/C10H11Cl2NO4S/c1-5(10(14)15)4-13-9-6(11)2-3-7(8(9)12)18(16)17/h2-3,5,13,18H,4H2,1H3,(H,14,15). The second-order valence-corrected chi connectivity index (χ2v) is 5.41. The van der Waals surface area contributed by atoms with Crippen LogP contribution in [0.15, 0.2) is 17.0 Å². The number of aliphatic carboxylic acids is 1. The minimum Gasteiger partial charge on any atom is -0.481 e. The Morgan fingerprint density at radius 1 is 1.44 bits per heavy atom. The van der Waals surface area contributed by atoms with Crippen molar-refractivity contribution < 1.29 is 18.3 Å². The molecule has 0 heterocycles. The molecule has 0 aliphatic heterocycles. The Balaban J connectivity index is 3.01. The Morgan fingerprint density at radius 2 is 2.06 bits per heavy atom. The molecule has 0 amide bonds. The quantitative estimate of drug-likeness (QED) is 0.725. The van der Waals surface area contributed by atoms with Crippen molar-refractivity contribution >= 4 is 45.6 Å². The van der Waals surface area contributed by atoms with Gasteiger partial charge < -0.3 is 10.4 Å². The highest BCUT2D eigenvalue weighted by molar-refractivity contribution is 7.72. The number of carbonyl (C=O) groups is 1. The highest BCUT2D eigenvalue weighted by Gasteiger charge is 2.15. The third-order valence-electron chi connectivity index (χ3n) is 2.27. The molecule has 1 unspecified atom stereocenters. The molecular weight excluding hydrogens is 301 g/mol. The highest BCUT2D eigenvalue weighted by Crippen LogP contribution is 2.34. The molecular formula is C10H11Cl2NO4S. The van der Waals surface area contributed by atoms with Crippen LogP contribution in [0.25, 0.3) is 0 Å². The van der Waals surface area contributed by atoms with Gasteiger partial charge in [-0.1, -0.05) is 30.1 Å². The lowest BCUT2D eigenvalue weighted by molar-refractivity contribution is -0.140. The van der Waals surface area contributed by atoms with Crippen LogP contribution in [-0.2, 0) is 15.5 Å². The Labute approximate surface area is 116 Å². The number of hydrogen-bond acceptors (Lipinski definition) is 4. The molecule has 0 bridgehead atoms. The molecule has 0 aliphatic carbocycles. The summed E-state index contributed by atoms with van der Waals surface area (Å²) in [5, 5.41) is 11.7. The van der Waals surface area contributed by atoms with Crippen molar-refractivity contribution in [3.63, 3.8) is 0 Å². The van der Waals surface area contributed by atoms with Crippen LogP contribution in [0.2, 0.25) is 10.0 Å². The minimum absolute atomic E-state index is 0.0313. The van der Waals surface area contributed by atoms with Crippen molar-refractivity contribution in [2.45, 2.75) is 11.8 Å². The molecule has 0 aliphatic rings. The number of carboxylic acids is 1. The number of nitrogens with one attached hydrogen (secondary N) is 1. The van der Waals surface area contributed by atoms with E-state index >= 15 is 0 Å². The molecule has 1 aromatic rings. The van der Waals surface area contributed by atoms with Crippen molar-refractivity contribution in [3.05, 3.63) is 22.2 Å². The van der Waals surface area contributed by atoms with E-state index in [1.54, 1.807) is 0 Å². The maximum atomic E-state index is 10.9. The first kappa shape index (κ1) is 15.1. The first-order valence-electron chi connectivity index (χ1n) is 4.93. The predicted octanol–water partition coefficient (Wildman–Crippen LogP) is 2.10. The van der Waals surface area contributed by atoms with Crippen LogP contribution in [0.5, 0.6) is 0 Å². The fraction of sp³-hybridized carbons (Fsp3) is 0.300. The Hall–Kier alpha value is -0.980. The lowest BCUT2D eigenvalue weighted by atomic mass is 10.2. The summed E-state index contributed by atoms with van der Waals surface area (Å²) in [7, 11) is -2.83. The van der Waals surface area contributed by atoms with E-state index in [2.05, 4.69) is 5.32 Å². The van der Waals surface area contributed by atoms with E-state index in [1.807, 2.05) is 0 Å². The number of hydrogen-bond donors (Lipinski definition) is 3. The zero-order valence-electron chi connectivity index (χ0n) is 9.31. The van der Waals surface area contributed by atoms with Crippen molar-refractivity contribution in [3.8, 4) is 0 Å². The number of halogens is 2. The average molecular weight is 312 g/mol. The molecule has 8 heteroatoms. The maximum Gasteiger partial charge on any atom is 0.308 e. The number of anilines is 1. The van der Waals surface area contributed by atoms with Crippen LogP contribution >= 0.6 is 23.2 Å². The lowest BCUT2D eigenvalue weighted by Crippen LogP contribution is -2.20. The lowest BCUT2D eigenvalue weighted by Gasteiger charge is -2.13. The molecule has 1 aromatic carbocycles. The van der Waals surface area contributed by atoms with Crippen LogP contribution in [0.3, 0.4) is 0 Å². The average Bonchev–Trinajstić information content (AvgIpc) is 2.27. The van der Waals surface area contributed by atoms with Gasteiger partial charge in [-0.15, -0.1) is 0 Å². The molecule has 18 heavy (non-hydrogen) atoms. The number of carboxylic acid groups (broad SMARTS) is 1. The largest absolute Gasteiger partial charge is 0.481 e. The van der Waals surface area contributed by atoms with E-state index in [-0.39, 0.29) is 27.2 Å². The van der Waals surface area contributed by atoms with Gasteiger partial charge in [0.15, 0.2) is 10.7 Å². The SMILES string of the molecule is CC(CNc1c(Cl)ccc([SH](=O)=O)c1Cl)C(=O)O. The van der Waals surface area contributed by atoms with Crippen LogP contribution in [0.1, 0.15) is 6.92 Å². The van der Waals surface area contributed by atoms with Crippen LogP contribution in [0.4, 0.5) is 5.69 Å². The first-order chi connectivity index (χ1) is 8.34. The molecule has 1 rings (SSSR count). The van der Waals surface area contributed by atoms with Gasteiger partial charge in [0.25, 0.3) is 0 Å². The fourth-order valence-electron chi connectivity index (χ4n) is 1.19. The molecule has 0 saturated heterocycles. The van der Waals surface area contributed by atoms with Crippen molar-refractivity contribution in [2.75, 3.05) is 11.9 Å². The molecule has 0 saturated carbocycles. The second-order valence-electron chi connectivity index (χ2n) is 3.63. The van der Waals surface area contributed by atoms with Gasteiger partial charge in [-0.25, -0.2) is 8.42 Å².